The summed E-state index contributed by atoms with van der Waals surface area (Å²) in [7, 11) is 1.74. The van der Waals surface area contributed by atoms with E-state index in [4.69, 9.17) is 0 Å². The number of carbonyl (C=O) groups is 2. The van der Waals surface area contributed by atoms with Gasteiger partial charge in [-0.05, 0) is 30.4 Å². The molecular formula is C16H20N2O2. The maximum atomic E-state index is 12.8. The van der Waals surface area contributed by atoms with Crippen LogP contribution in [0.3, 0.4) is 0 Å². The summed E-state index contributed by atoms with van der Waals surface area (Å²) in [6.07, 6.45) is 3.73. The van der Waals surface area contributed by atoms with Crippen molar-refractivity contribution in [2.24, 2.45) is 0 Å². The minimum absolute atomic E-state index is 0.0269. The van der Waals surface area contributed by atoms with E-state index >= 15 is 0 Å². The molecule has 0 radical (unpaired) electrons. The lowest BCUT2D eigenvalue weighted by atomic mass is 9.91. The topological polar surface area (TPSA) is 40.6 Å². The highest BCUT2D eigenvalue weighted by Gasteiger charge is 2.37. The van der Waals surface area contributed by atoms with E-state index in [1.807, 2.05) is 29.2 Å². The Labute approximate surface area is 119 Å². The molecule has 4 heteroatoms. The van der Waals surface area contributed by atoms with Crippen molar-refractivity contribution in [3.8, 4) is 0 Å². The molecule has 1 fully saturated rings. The van der Waals surface area contributed by atoms with Gasteiger partial charge in [0.15, 0.2) is 0 Å². The van der Waals surface area contributed by atoms with E-state index in [9.17, 15) is 9.59 Å². The van der Waals surface area contributed by atoms with Crippen molar-refractivity contribution in [1.29, 1.82) is 0 Å². The number of hydrogen-bond acceptors (Lipinski definition) is 2. The van der Waals surface area contributed by atoms with E-state index in [2.05, 4.69) is 0 Å². The minimum atomic E-state index is -0.439. The third-order valence-electron chi connectivity index (χ3n) is 4.37. The van der Waals surface area contributed by atoms with Crippen molar-refractivity contribution >= 4 is 11.8 Å². The minimum Gasteiger partial charge on any atom is -0.341 e. The normalized spacial score (nSPS) is 22.6. The highest BCUT2D eigenvalue weighted by molar-refractivity contribution is 5.92. The number of likely N-dealkylation sites (tertiary alicyclic amines) is 1. The Hall–Kier alpha value is -1.84. The number of rotatable bonds is 1. The number of fused-ring (bicyclic) bond motifs is 1. The van der Waals surface area contributed by atoms with E-state index in [-0.39, 0.29) is 11.8 Å². The van der Waals surface area contributed by atoms with Crippen molar-refractivity contribution < 1.29 is 9.59 Å². The van der Waals surface area contributed by atoms with Gasteiger partial charge in [-0.1, -0.05) is 24.3 Å². The van der Waals surface area contributed by atoms with Crippen LogP contribution in [0.5, 0.6) is 0 Å². The molecule has 0 N–H and O–H groups in total. The summed E-state index contributed by atoms with van der Waals surface area (Å²) in [5.74, 6) is 0.103. The summed E-state index contributed by atoms with van der Waals surface area (Å²) in [4.78, 5) is 28.4. The molecule has 4 nitrogen and oxygen atoms in total. The van der Waals surface area contributed by atoms with Crippen molar-refractivity contribution in [2.75, 3.05) is 20.1 Å². The second-order valence-electron chi connectivity index (χ2n) is 5.67. The predicted molar refractivity (Wildman–Crippen MR) is 76.1 cm³/mol. The Morgan fingerprint density at radius 2 is 1.85 bits per heavy atom. The molecule has 1 aromatic rings. The fraction of sp³-hybridized carbons (Fsp3) is 0.500. The first-order valence-corrected chi connectivity index (χ1v) is 7.31. The van der Waals surface area contributed by atoms with Gasteiger partial charge in [-0.25, -0.2) is 0 Å². The number of piperidine rings is 1. The van der Waals surface area contributed by atoms with E-state index in [1.165, 1.54) is 6.42 Å². The number of carbonyl (C=O) groups excluding carboxylic acids is 2. The molecule has 1 atom stereocenters. The van der Waals surface area contributed by atoms with Crippen LogP contribution < -0.4 is 0 Å². The Kier molecular flexibility index (Phi) is 3.47. The number of hydrogen-bond donors (Lipinski definition) is 0. The van der Waals surface area contributed by atoms with E-state index in [0.29, 0.717) is 6.42 Å². The average Bonchev–Trinajstić information content (AvgIpc) is 2.49. The first kappa shape index (κ1) is 13.2. The molecule has 2 aliphatic heterocycles. The van der Waals surface area contributed by atoms with E-state index < -0.39 is 6.04 Å². The number of likely N-dealkylation sites (N-methyl/N-ethyl adjacent to an activating group) is 1. The van der Waals surface area contributed by atoms with E-state index in [1.54, 1.807) is 11.9 Å². The van der Waals surface area contributed by atoms with Gasteiger partial charge in [-0.3, -0.25) is 9.59 Å². The highest BCUT2D eigenvalue weighted by Crippen LogP contribution is 2.31. The molecule has 2 amide bonds. The number of amides is 2. The van der Waals surface area contributed by atoms with Gasteiger partial charge in [-0.15, -0.1) is 0 Å². The molecule has 0 aromatic heterocycles. The number of nitrogens with zero attached hydrogens (tertiary/aromatic N) is 2. The molecule has 0 aliphatic carbocycles. The smallest absolute Gasteiger partial charge is 0.250 e. The van der Waals surface area contributed by atoms with Crippen LogP contribution in [0.2, 0.25) is 0 Å². The second-order valence-corrected chi connectivity index (χ2v) is 5.67. The van der Waals surface area contributed by atoms with Gasteiger partial charge >= 0.3 is 0 Å². The van der Waals surface area contributed by atoms with Gasteiger partial charge in [0.1, 0.15) is 6.04 Å². The van der Waals surface area contributed by atoms with Crippen LogP contribution in [0.1, 0.15) is 36.4 Å². The molecule has 0 unspecified atom stereocenters. The highest BCUT2D eigenvalue weighted by atomic mass is 16.2. The summed E-state index contributed by atoms with van der Waals surface area (Å²) in [6.45, 7) is 1.64. The molecule has 20 heavy (non-hydrogen) atoms. The molecule has 0 saturated carbocycles. The molecule has 0 bridgehead atoms. The molecular weight excluding hydrogens is 252 g/mol. The molecule has 3 rings (SSSR count). The van der Waals surface area contributed by atoms with Crippen LogP contribution in [-0.4, -0.2) is 41.8 Å². The zero-order chi connectivity index (χ0) is 14.1. The van der Waals surface area contributed by atoms with Crippen molar-refractivity contribution in [1.82, 2.24) is 9.80 Å². The summed E-state index contributed by atoms with van der Waals surface area (Å²) in [6, 6.07) is 7.37. The summed E-state index contributed by atoms with van der Waals surface area (Å²) in [5, 5.41) is 0. The first-order valence-electron chi connectivity index (χ1n) is 7.31. The summed E-state index contributed by atoms with van der Waals surface area (Å²) >= 11 is 0. The predicted octanol–water partition coefficient (Wildman–Crippen LogP) is 1.75. The Balaban J connectivity index is 1.94. The zero-order valence-corrected chi connectivity index (χ0v) is 11.8. The van der Waals surface area contributed by atoms with Gasteiger partial charge in [-0.2, -0.15) is 0 Å². The van der Waals surface area contributed by atoms with Crippen LogP contribution in [0.4, 0.5) is 0 Å². The molecule has 2 aliphatic rings. The summed E-state index contributed by atoms with van der Waals surface area (Å²) in [5.41, 5.74) is 1.98. The number of benzene rings is 1. The van der Waals surface area contributed by atoms with Gasteiger partial charge in [0.05, 0.1) is 6.42 Å². The van der Waals surface area contributed by atoms with Crippen molar-refractivity contribution in [3.05, 3.63) is 35.4 Å². The largest absolute Gasteiger partial charge is 0.341 e. The quantitative estimate of drug-likeness (QED) is 0.781. The third kappa shape index (κ3) is 2.19. The molecule has 2 heterocycles. The molecule has 0 spiro atoms. The van der Waals surface area contributed by atoms with Crippen LogP contribution in [0.25, 0.3) is 0 Å². The van der Waals surface area contributed by atoms with Crippen LogP contribution in [-0.2, 0) is 16.0 Å². The monoisotopic (exact) mass is 272 g/mol. The molecule has 106 valence electrons. The fourth-order valence-corrected chi connectivity index (χ4v) is 3.19. The van der Waals surface area contributed by atoms with Gasteiger partial charge in [0, 0.05) is 20.1 Å². The summed E-state index contributed by atoms with van der Waals surface area (Å²) < 4.78 is 0. The SMILES string of the molecule is CN1C(=O)Cc2ccccc2[C@@H]1C(=O)N1CCCCC1. The lowest BCUT2D eigenvalue weighted by Gasteiger charge is -2.38. The Morgan fingerprint density at radius 3 is 2.60 bits per heavy atom. The average molecular weight is 272 g/mol. The van der Waals surface area contributed by atoms with Gasteiger partial charge in [0.25, 0.3) is 0 Å². The van der Waals surface area contributed by atoms with Gasteiger partial charge < -0.3 is 9.80 Å². The van der Waals surface area contributed by atoms with Crippen molar-refractivity contribution in [2.45, 2.75) is 31.7 Å². The Bertz CT molecular complexity index is 535. The fourth-order valence-electron chi connectivity index (χ4n) is 3.19. The third-order valence-corrected chi connectivity index (χ3v) is 4.37. The standard InChI is InChI=1S/C16H20N2O2/c1-17-14(19)11-12-7-3-4-8-13(12)15(17)16(20)18-9-5-2-6-10-18/h3-4,7-8,15H,2,5-6,9-11H2,1H3/t15-/m1/s1. The Morgan fingerprint density at radius 1 is 1.15 bits per heavy atom. The lowest BCUT2D eigenvalue weighted by molar-refractivity contribution is -0.146. The first-order chi connectivity index (χ1) is 9.68. The zero-order valence-electron chi connectivity index (χ0n) is 11.8. The molecule has 1 saturated heterocycles. The lowest BCUT2D eigenvalue weighted by Crippen LogP contribution is -2.48. The maximum Gasteiger partial charge on any atom is 0.250 e. The van der Waals surface area contributed by atoms with Crippen LogP contribution >= 0.6 is 0 Å². The van der Waals surface area contributed by atoms with Crippen LogP contribution in [0, 0.1) is 0 Å². The van der Waals surface area contributed by atoms with Crippen LogP contribution in [0.15, 0.2) is 24.3 Å². The maximum absolute atomic E-state index is 12.8. The molecule has 1 aromatic carbocycles. The van der Waals surface area contributed by atoms with Gasteiger partial charge in [0.2, 0.25) is 11.8 Å². The van der Waals surface area contributed by atoms with E-state index in [0.717, 1.165) is 37.1 Å². The van der Waals surface area contributed by atoms with Crippen molar-refractivity contribution in [3.63, 3.8) is 0 Å². The second kappa shape index (κ2) is 5.27.